The molecule has 0 atom stereocenters. The molecule has 0 spiro atoms. The van der Waals surface area contributed by atoms with Crippen molar-refractivity contribution in [1.82, 2.24) is 0 Å². The second-order valence-corrected chi connectivity index (χ2v) is 2.93. The molecule has 0 bridgehead atoms. The van der Waals surface area contributed by atoms with Gasteiger partial charge in [-0.2, -0.15) is 0 Å². The molecule has 0 aliphatic carbocycles. The summed E-state index contributed by atoms with van der Waals surface area (Å²) >= 11 is 0. The summed E-state index contributed by atoms with van der Waals surface area (Å²) in [5.74, 6) is -1.24. The first-order valence-corrected chi connectivity index (χ1v) is 4.20. The van der Waals surface area contributed by atoms with Gasteiger partial charge >= 0.3 is 5.97 Å². The Morgan fingerprint density at radius 3 is 2.53 bits per heavy atom. The zero-order valence-corrected chi connectivity index (χ0v) is 8.08. The molecule has 0 saturated heterocycles. The van der Waals surface area contributed by atoms with Crippen LogP contribution in [0.1, 0.15) is 11.1 Å². The molecule has 5 nitrogen and oxygen atoms in total. The smallest absolute Gasteiger partial charge is 0.338 e. The van der Waals surface area contributed by atoms with Crippen molar-refractivity contribution in [3.8, 4) is 0 Å². The number of aliphatic carboxylic acids is 1. The predicted octanol–water partition coefficient (Wildman–Crippen LogP) is 2.73. The van der Waals surface area contributed by atoms with Crippen molar-refractivity contribution in [2.45, 2.75) is 6.92 Å². The van der Waals surface area contributed by atoms with E-state index in [4.69, 9.17) is 10.6 Å². The minimum Gasteiger partial charge on any atom is -0.478 e. The van der Waals surface area contributed by atoms with Crippen LogP contribution in [-0.2, 0) is 4.79 Å². The van der Waals surface area contributed by atoms with Crippen LogP contribution in [0.25, 0.3) is 16.5 Å². The van der Waals surface area contributed by atoms with E-state index in [2.05, 4.69) is 10.0 Å². The van der Waals surface area contributed by atoms with Crippen LogP contribution < -0.4 is 0 Å². The summed E-state index contributed by atoms with van der Waals surface area (Å²) in [6, 6.07) is 7.21. The highest BCUT2D eigenvalue weighted by molar-refractivity contribution is 5.91. The molecule has 0 aromatic heterocycles. The number of hydrogen-bond donors (Lipinski definition) is 1. The molecule has 0 heterocycles. The second kappa shape index (κ2) is 4.83. The number of azide groups is 1. The normalized spacial score (nSPS) is 10.6. The number of benzene rings is 1. The van der Waals surface area contributed by atoms with Crippen LogP contribution in [0.2, 0.25) is 0 Å². The second-order valence-electron chi connectivity index (χ2n) is 2.93. The number of carbonyl (C=O) groups is 1. The molecular formula is C10H9N3O2. The Morgan fingerprint density at radius 1 is 1.47 bits per heavy atom. The van der Waals surface area contributed by atoms with Gasteiger partial charge in [0.2, 0.25) is 0 Å². The quantitative estimate of drug-likeness (QED) is 0.354. The van der Waals surface area contributed by atoms with Crippen molar-refractivity contribution in [1.29, 1.82) is 0 Å². The van der Waals surface area contributed by atoms with E-state index >= 15 is 0 Å². The molecular weight excluding hydrogens is 194 g/mol. The van der Waals surface area contributed by atoms with E-state index in [1.165, 1.54) is 6.08 Å². The van der Waals surface area contributed by atoms with Crippen molar-refractivity contribution < 1.29 is 9.90 Å². The van der Waals surface area contributed by atoms with Crippen LogP contribution in [0.5, 0.6) is 0 Å². The van der Waals surface area contributed by atoms with Crippen molar-refractivity contribution in [3.63, 3.8) is 0 Å². The lowest BCUT2D eigenvalue weighted by atomic mass is 10.1. The lowest BCUT2D eigenvalue weighted by molar-refractivity contribution is -0.132. The summed E-state index contributed by atoms with van der Waals surface area (Å²) < 4.78 is 0. The molecule has 1 aromatic rings. The Balaban J connectivity index is 3.07. The fourth-order valence-corrected chi connectivity index (χ4v) is 1.00. The maximum atomic E-state index is 10.6. The number of aryl methyl sites for hydroxylation is 1. The van der Waals surface area contributed by atoms with E-state index in [-0.39, 0.29) is 5.70 Å². The van der Waals surface area contributed by atoms with E-state index in [1.807, 2.05) is 19.1 Å². The summed E-state index contributed by atoms with van der Waals surface area (Å²) in [4.78, 5) is 13.1. The highest BCUT2D eigenvalue weighted by Gasteiger charge is 2.03. The fourth-order valence-electron chi connectivity index (χ4n) is 1.00. The highest BCUT2D eigenvalue weighted by Crippen LogP contribution is 2.09. The SMILES string of the molecule is Cc1ccc(C=C(N=[N+]=[N-])C(=O)O)cc1. The Labute approximate surface area is 86.3 Å². The van der Waals surface area contributed by atoms with E-state index < -0.39 is 5.97 Å². The van der Waals surface area contributed by atoms with Gasteiger partial charge in [-0.3, -0.25) is 0 Å². The monoisotopic (exact) mass is 203 g/mol. The zero-order chi connectivity index (χ0) is 11.3. The summed E-state index contributed by atoms with van der Waals surface area (Å²) in [7, 11) is 0. The third kappa shape index (κ3) is 3.17. The van der Waals surface area contributed by atoms with Crippen molar-refractivity contribution in [2.75, 3.05) is 0 Å². The molecule has 0 aliphatic rings. The molecule has 0 aliphatic heterocycles. The molecule has 5 heteroatoms. The number of carboxylic acids is 1. The standard InChI is InChI=1S/C10H9N3O2/c1-7-2-4-8(5-3-7)6-9(10(14)15)12-13-11/h2-6H,1H3,(H,14,15). The molecule has 0 fully saturated rings. The Hall–Kier alpha value is -2.26. The summed E-state index contributed by atoms with van der Waals surface area (Å²) in [5, 5.41) is 11.8. The Morgan fingerprint density at radius 2 is 2.07 bits per heavy atom. The lowest BCUT2D eigenvalue weighted by Crippen LogP contribution is -1.96. The largest absolute Gasteiger partial charge is 0.478 e. The van der Waals surface area contributed by atoms with E-state index in [0.29, 0.717) is 5.56 Å². The van der Waals surface area contributed by atoms with Crippen LogP contribution in [0.4, 0.5) is 0 Å². The maximum Gasteiger partial charge on any atom is 0.338 e. The van der Waals surface area contributed by atoms with Gasteiger partial charge in [0.1, 0.15) is 5.70 Å². The molecule has 76 valence electrons. The third-order valence-electron chi connectivity index (χ3n) is 1.75. The van der Waals surface area contributed by atoms with E-state index in [1.54, 1.807) is 12.1 Å². The number of nitrogens with zero attached hydrogens (tertiary/aromatic N) is 3. The minimum absolute atomic E-state index is 0.318. The molecule has 0 radical (unpaired) electrons. The van der Waals surface area contributed by atoms with Gasteiger partial charge in [-0.1, -0.05) is 34.9 Å². The first-order chi connectivity index (χ1) is 7.13. The van der Waals surface area contributed by atoms with Gasteiger partial charge in [0.25, 0.3) is 0 Å². The summed E-state index contributed by atoms with van der Waals surface area (Å²) in [6.07, 6.45) is 1.32. The van der Waals surface area contributed by atoms with Crippen molar-refractivity contribution in [3.05, 3.63) is 51.5 Å². The first-order valence-electron chi connectivity index (χ1n) is 4.20. The van der Waals surface area contributed by atoms with E-state index in [0.717, 1.165) is 5.56 Å². The van der Waals surface area contributed by atoms with Gasteiger partial charge in [0.15, 0.2) is 0 Å². The molecule has 15 heavy (non-hydrogen) atoms. The number of hydrogen-bond acceptors (Lipinski definition) is 2. The number of rotatable bonds is 3. The van der Waals surface area contributed by atoms with Gasteiger partial charge in [-0.05, 0) is 24.1 Å². The molecule has 0 amide bonds. The van der Waals surface area contributed by atoms with Gasteiger partial charge in [-0.15, -0.1) is 0 Å². The van der Waals surface area contributed by atoms with Crippen molar-refractivity contribution in [2.24, 2.45) is 5.11 Å². The Bertz CT molecular complexity index is 438. The van der Waals surface area contributed by atoms with E-state index in [9.17, 15) is 4.79 Å². The van der Waals surface area contributed by atoms with Crippen LogP contribution in [0.15, 0.2) is 35.1 Å². The summed E-state index contributed by atoms with van der Waals surface area (Å²) in [6.45, 7) is 1.93. The maximum absolute atomic E-state index is 10.6. The van der Waals surface area contributed by atoms with Gasteiger partial charge in [-0.25, -0.2) is 4.79 Å². The fraction of sp³-hybridized carbons (Fsp3) is 0.100. The van der Waals surface area contributed by atoms with Crippen LogP contribution in [0.3, 0.4) is 0 Å². The number of carboxylic acid groups (broad SMARTS) is 1. The van der Waals surface area contributed by atoms with Crippen LogP contribution >= 0.6 is 0 Å². The Kier molecular flexibility index (Phi) is 3.49. The zero-order valence-electron chi connectivity index (χ0n) is 8.08. The average Bonchev–Trinajstić information content (AvgIpc) is 2.20. The average molecular weight is 203 g/mol. The van der Waals surface area contributed by atoms with Crippen LogP contribution in [0, 0.1) is 6.92 Å². The summed E-state index contributed by atoms with van der Waals surface area (Å²) in [5.41, 5.74) is 9.61. The van der Waals surface area contributed by atoms with Gasteiger partial charge in [0.05, 0.1) is 0 Å². The predicted molar refractivity (Wildman–Crippen MR) is 55.9 cm³/mol. The third-order valence-corrected chi connectivity index (χ3v) is 1.75. The van der Waals surface area contributed by atoms with Gasteiger partial charge < -0.3 is 5.11 Å². The molecule has 1 rings (SSSR count). The van der Waals surface area contributed by atoms with Crippen LogP contribution in [-0.4, -0.2) is 11.1 Å². The minimum atomic E-state index is -1.24. The lowest BCUT2D eigenvalue weighted by Gasteiger charge is -1.96. The molecule has 0 unspecified atom stereocenters. The highest BCUT2D eigenvalue weighted by atomic mass is 16.4. The van der Waals surface area contributed by atoms with Gasteiger partial charge in [0, 0.05) is 4.91 Å². The molecule has 0 saturated carbocycles. The van der Waals surface area contributed by atoms with Crippen molar-refractivity contribution >= 4 is 12.0 Å². The topological polar surface area (TPSA) is 86.1 Å². The first kappa shape index (κ1) is 10.8. The molecule has 1 N–H and O–H groups in total. The molecule has 1 aromatic carbocycles.